The van der Waals surface area contributed by atoms with Gasteiger partial charge in [0.1, 0.15) is 11.5 Å². The lowest BCUT2D eigenvalue weighted by Gasteiger charge is -2.13. The summed E-state index contributed by atoms with van der Waals surface area (Å²) >= 11 is 0. The molecule has 0 fully saturated rings. The molecule has 0 aliphatic heterocycles. The number of aromatic nitrogens is 3. The van der Waals surface area contributed by atoms with E-state index in [1.807, 2.05) is 42.5 Å². The zero-order valence-electron chi connectivity index (χ0n) is 19.4. The van der Waals surface area contributed by atoms with Gasteiger partial charge < -0.3 is 9.47 Å². The highest BCUT2D eigenvalue weighted by atomic mass is 19.4. The molecule has 1 amide bonds. The van der Waals surface area contributed by atoms with Gasteiger partial charge in [0, 0.05) is 22.7 Å². The van der Waals surface area contributed by atoms with E-state index in [4.69, 9.17) is 4.74 Å². The predicted octanol–water partition coefficient (Wildman–Crippen LogP) is 6.06. The molecular weight excluding hydrogens is 485 g/mol. The number of ether oxygens (including phenoxy) is 2. The van der Waals surface area contributed by atoms with Crippen LogP contribution in [0.3, 0.4) is 0 Å². The number of benzene rings is 3. The molecule has 0 radical (unpaired) electrons. The Morgan fingerprint density at radius 2 is 1.57 bits per heavy atom. The van der Waals surface area contributed by atoms with Crippen molar-refractivity contribution in [1.82, 2.24) is 14.9 Å². The average molecular weight is 504 g/mol. The summed E-state index contributed by atoms with van der Waals surface area (Å²) in [5, 5.41) is 4.58. The first-order valence-electron chi connectivity index (χ1n) is 11.1. The maximum Gasteiger partial charge on any atom is 0.573 e. The van der Waals surface area contributed by atoms with E-state index in [9.17, 15) is 18.0 Å². The van der Waals surface area contributed by atoms with Crippen LogP contribution in [0.1, 0.15) is 10.4 Å². The number of nitrogens with zero attached hydrogens (tertiary/aromatic N) is 3. The Hall–Kier alpha value is -4.86. The molecule has 5 rings (SSSR count). The van der Waals surface area contributed by atoms with E-state index in [0.717, 1.165) is 23.3 Å². The number of rotatable bonds is 6. The number of hydrogen-bond acceptors (Lipinski definition) is 5. The summed E-state index contributed by atoms with van der Waals surface area (Å²) in [5.41, 5.74) is 5.75. The molecule has 0 unspecified atom stereocenters. The van der Waals surface area contributed by atoms with Crippen molar-refractivity contribution >= 4 is 16.8 Å². The number of alkyl halides is 3. The largest absolute Gasteiger partial charge is 0.573 e. The third-order valence-corrected chi connectivity index (χ3v) is 5.52. The van der Waals surface area contributed by atoms with Gasteiger partial charge in [0.15, 0.2) is 0 Å². The number of methoxy groups -OCH3 is 1. The summed E-state index contributed by atoms with van der Waals surface area (Å²) in [6.07, 6.45) is -3.31. The molecule has 1 N–H and O–H groups in total. The number of carbonyl (C=O) groups excluding carboxylic acids is 1. The number of amides is 1. The standard InChI is InChI=1S/C27H19F3N4O3/c1-36-19-9-7-18(8-10-19)23-13-14-34(32-23)33-26(35)22-16-25(17-5-3-2-4-6-17)31-24-12-11-20(15-21(22)24)37-27(28,29)30/h2-16H,1H3,(H,33,35). The lowest BCUT2D eigenvalue weighted by Crippen LogP contribution is -2.24. The molecule has 5 aromatic rings. The Labute approximate surface area is 209 Å². The van der Waals surface area contributed by atoms with Crippen molar-refractivity contribution in [3.05, 3.63) is 96.7 Å². The number of fused-ring (bicyclic) bond motifs is 1. The molecule has 186 valence electrons. The minimum absolute atomic E-state index is 0.109. The fraction of sp³-hybridized carbons (Fsp3) is 0.0741. The number of pyridine rings is 1. The fourth-order valence-corrected chi connectivity index (χ4v) is 3.81. The van der Waals surface area contributed by atoms with Gasteiger partial charge in [-0.15, -0.1) is 13.2 Å². The molecule has 0 aliphatic carbocycles. The normalized spacial score (nSPS) is 11.4. The van der Waals surface area contributed by atoms with Crippen molar-refractivity contribution in [1.29, 1.82) is 0 Å². The molecular formula is C27H19F3N4O3. The predicted molar refractivity (Wildman–Crippen MR) is 132 cm³/mol. The van der Waals surface area contributed by atoms with Crippen LogP contribution < -0.4 is 14.9 Å². The van der Waals surface area contributed by atoms with Gasteiger partial charge in [-0.25, -0.2) is 10.4 Å². The molecule has 37 heavy (non-hydrogen) atoms. The van der Waals surface area contributed by atoms with Crippen LogP contribution in [0.4, 0.5) is 13.2 Å². The lowest BCUT2D eigenvalue weighted by atomic mass is 10.0. The SMILES string of the molecule is COc1ccc(-c2ccn(NC(=O)c3cc(-c4ccccc4)nc4ccc(OC(F)(F)F)cc34)n2)cc1. The van der Waals surface area contributed by atoms with Crippen molar-refractivity contribution in [2.45, 2.75) is 6.36 Å². The third kappa shape index (κ3) is 5.37. The van der Waals surface area contributed by atoms with Crippen molar-refractivity contribution < 1.29 is 27.4 Å². The topological polar surface area (TPSA) is 78.3 Å². The van der Waals surface area contributed by atoms with Crippen LogP contribution in [-0.4, -0.2) is 34.3 Å². The van der Waals surface area contributed by atoms with Gasteiger partial charge in [-0.3, -0.25) is 4.79 Å². The summed E-state index contributed by atoms with van der Waals surface area (Å²) < 4.78 is 47.7. The average Bonchev–Trinajstić information content (AvgIpc) is 3.36. The van der Waals surface area contributed by atoms with E-state index < -0.39 is 18.0 Å². The second-order valence-electron chi connectivity index (χ2n) is 7.96. The number of carbonyl (C=O) groups is 1. The van der Waals surface area contributed by atoms with Crippen LogP contribution in [0, 0.1) is 0 Å². The molecule has 0 atom stereocenters. The first-order valence-corrected chi connectivity index (χ1v) is 11.1. The second kappa shape index (κ2) is 9.65. The number of hydrogen-bond donors (Lipinski definition) is 1. The number of nitrogens with one attached hydrogen (secondary N) is 1. The van der Waals surface area contributed by atoms with E-state index >= 15 is 0 Å². The zero-order valence-corrected chi connectivity index (χ0v) is 19.4. The highest BCUT2D eigenvalue weighted by molar-refractivity contribution is 6.10. The summed E-state index contributed by atoms with van der Waals surface area (Å²) in [5.74, 6) is -0.341. The van der Waals surface area contributed by atoms with Crippen molar-refractivity contribution in [3.8, 4) is 34.0 Å². The second-order valence-corrected chi connectivity index (χ2v) is 7.96. The Balaban J connectivity index is 1.51. The van der Waals surface area contributed by atoms with Crippen molar-refractivity contribution in [2.75, 3.05) is 12.5 Å². The van der Waals surface area contributed by atoms with Crippen LogP contribution in [0.5, 0.6) is 11.5 Å². The van der Waals surface area contributed by atoms with E-state index in [-0.39, 0.29) is 10.9 Å². The Kier molecular flexibility index (Phi) is 6.22. The molecule has 0 aliphatic rings. The molecule has 0 saturated heterocycles. The highest BCUT2D eigenvalue weighted by Gasteiger charge is 2.31. The van der Waals surface area contributed by atoms with E-state index in [0.29, 0.717) is 22.7 Å². The summed E-state index contributed by atoms with van der Waals surface area (Å²) in [6.45, 7) is 0. The minimum atomic E-state index is -4.87. The highest BCUT2D eigenvalue weighted by Crippen LogP contribution is 2.30. The maximum absolute atomic E-state index is 13.4. The monoisotopic (exact) mass is 504 g/mol. The molecule has 2 aromatic heterocycles. The van der Waals surface area contributed by atoms with Gasteiger partial charge >= 0.3 is 6.36 Å². The molecule has 0 bridgehead atoms. The smallest absolute Gasteiger partial charge is 0.497 e. The molecule has 7 nitrogen and oxygen atoms in total. The molecule has 3 aromatic carbocycles. The Morgan fingerprint density at radius 1 is 0.865 bits per heavy atom. The Bertz CT molecular complexity index is 1570. The van der Waals surface area contributed by atoms with Crippen LogP contribution in [0.15, 0.2) is 91.1 Å². The first kappa shape index (κ1) is 23.9. The molecule has 10 heteroatoms. The van der Waals surface area contributed by atoms with Gasteiger partial charge in [0.05, 0.1) is 29.6 Å². The van der Waals surface area contributed by atoms with Crippen molar-refractivity contribution in [2.24, 2.45) is 0 Å². The van der Waals surface area contributed by atoms with E-state index in [1.165, 1.54) is 16.9 Å². The first-order chi connectivity index (χ1) is 17.8. The molecule has 0 saturated carbocycles. The third-order valence-electron chi connectivity index (χ3n) is 5.52. The van der Waals surface area contributed by atoms with Crippen LogP contribution in [0.2, 0.25) is 0 Å². The lowest BCUT2D eigenvalue weighted by molar-refractivity contribution is -0.274. The summed E-state index contributed by atoms with van der Waals surface area (Å²) in [7, 11) is 1.57. The van der Waals surface area contributed by atoms with Crippen molar-refractivity contribution in [3.63, 3.8) is 0 Å². The molecule has 2 heterocycles. The van der Waals surface area contributed by atoms with Gasteiger partial charge in [0.2, 0.25) is 0 Å². The number of halogens is 3. The summed E-state index contributed by atoms with van der Waals surface area (Å²) in [6, 6.07) is 23.3. The van der Waals surface area contributed by atoms with Crippen LogP contribution in [0.25, 0.3) is 33.4 Å². The quantitative estimate of drug-likeness (QED) is 0.304. The fourth-order valence-electron chi connectivity index (χ4n) is 3.81. The maximum atomic E-state index is 13.4. The molecule has 0 spiro atoms. The summed E-state index contributed by atoms with van der Waals surface area (Å²) in [4.78, 5) is 19.1. The van der Waals surface area contributed by atoms with E-state index in [1.54, 1.807) is 31.5 Å². The van der Waals surface area contributed by atoms with Gasteiger partial charge in [-0.05, 0) is 54.6 Å². The van der Waals surface area contributed by atoms with Crippen LogP contribution in [-0.2, 0) is 0 Å². The van der Waals surface area contributed by atoms with E-state index in [2.05, 4.69) is 20.2 Å². The van der Waals surface area contributed by atoms with Gasteiger partial charge in [-0.1, -0.05) is 30.3 Å². The Morgan fingerprint density at radius 3 is 2.27 bits per heavy atom. The van der Waals surface area contributed by atoms with Crippen LogP contribution >= 0.6 is 0 Å². The zero-order chi connectivity index (χ0) is 26.0. The minimum Gasteiger partial charge on any atom is -0.497 e. The van der Waals surface area contributed by atoms with Gasteiger partial charge in [-0.2, -0.15) is 9.89 Å². The van der Waals surface area contributed by atoms with Gasteiger partial charge in [0.25, 0.3) is 5.91 Å².